The van der Waals surface area contributed by atoms with Crippen LogP contribution in [0.4, 0.5) is 5.69 Å². The molecule has 152 valence electrons. The van der Waals surface area contributed by atoms with Crippen LogP contribution in [0.5, 0.6) is 0 Å². The number of nitrogens with zero attached hydrogens (tertiary/aromatic N) is 2. The minimum Gasteiger partial charge on any atom is -0.321 e. The third-order valence-electron chi connectivity index (χ3n) is 5.28. The van der Waals surface area contributed by atoms with Crippen molar-refractivity contribution < 1.29 is 4.79 Å². The molecule has 4 aromatic rings. The van der Waals surface area contributed by atoms with Gasteiger partial charge in [-0.15, -0.1) is 11.3 Å². The number of hydrogen-bond donors (Lipinski definition) is 1. The van der Waals surface area contributed by atoms with Gasteiger partial charge in [-0.25, -0.2) is 4.98 Å². The molecule has 6 heteroatoms. The number of anilines is 1. The third kappa shape index (κ3) is 3.55. The summed E-state index contributed by atoms with van der Waals surface area (Å²) >= 11 is 1.38. The van der Waals surface area contributed by atoms with Gasteiger partial charge in [0, 0.05) is 17.3 Å². The number of amides is 1. The van der Waals surface area contributed by atoms with Crippen LogP contribution in [-0.4, -0.2) is 15.3 Å². The maximum absolute atomic E-state index is 13.3. The molecule has 0 aliphatic rings. The number of thiazole rings is 1. The van der Waals surface area contributed by atoms with Crippen molar-refractivity contribution in [2.75, 3.05) is 5.32 Å². The van der Waals surface area contributed by atoms with E-state index in [4.69, 9.17) is 0 Å². The average molecular weight is 418 g/mol. The highest BCUT2D eigenvalue weighted by atomic mass is 32.1. The van der Waals surface area contributed by atoms with Gasteiger partial charge in [-0.05, 0) is 36.5 Å². The number of fused-ring (bicyclic) bond motifs is 1. The monoisotopic (exact) mass is 417 g/mol. The van der Waals surface area contributed by atoms with Gasteiger partial charge in [0.05, 0.1) is 5.69 Å². The molecule has 0 aliphatic heterocycles. The zero-order valence-corrected chi connectivity index (χ0v) is 18.0. The van der Waals surface area contributed by atoms with Gasteiger partial charge in [0.1, 0.15) is 5.56 Å². The second kappa shape index (κ2) is 8.24. The lowest BCUT2D eigenvalue weighted by Gasteiger charge is -2.14. The molecular weight excluding hydrogens is 394 g/mol. The maximum Gasteiger partial charge on any atom is 0.271 e. The number of carbonyl (C=O) groups excluding carboxylic acids is 1. The van der Waals surface area contributed by atoms with E-state index in [1.165, 1.54) is 21.9 Å². The van der Waals surface area contributed by atoms with E-state index < -0.39 is 5.91 Å². The summed E-state index contributed by atoms with van der Waals surface area (Å²) in [6.07, 6.45) is 2.96. The number of hydrogen-bond acceptors (Lipinski definition) is 4. The Morgan fingerprint density at radius 3 is 2.37 bits per heavy atom. The van der Waals surface area contributed by atoms with Crippen molar-refractivity contribution in [3.05, 3.63) is 86.6 Å². The van der Waals surface area contributed by atoms with Crippen LogP contribution < -0.4 is 10.9 Å². The number of carbonyl (C=O) groups is 1. The highest BCUT2D eigenvalue weighted by Crippen LogP contribution is 2.25. The summed E-state index contributed by atoms with van der Waals surface area (Å²) in [7, 11) is 0. The Labute approximate surface area is 179 Å². The van der Waals surface area contributed by atoms with Crippen molar-refractivity contribution >= 4 is 27.9 Å². The van der Waals surface area contributed by atoms with Crippen LogP contribution >= 0.6 is 11.3 Å². The number of para-hydroxylation sites is 1. The van der Waals surface area contributed by atoms with Crippen LogP contribution in [-0.2, 0) is 12.8 Å². The molecule has 2 aromatic carbocycles. The van der Waals surface area contributed by atoms with Crippen molar-refractivity contribution in [3.8, 4) is 11.3 Å². The predicted octanol–water partition coefficient (Wildman–Crippen LogP) is 5.11. The van der Waals surface area contributed by atoms with E-state index in [1.54, 1.807) is 0 Å². The Morgan fingerprint density at radius 2 is 1.73 bits per heavy atom. The van der Waals surface area contributed by atoms with E-state index in [-0.39, 0.29) is 11.1 Å². The molecule has 0 saturated carbocycles. The molecule has 5 nitrogen and oxygen atoms in total. The Bertz CT molecular complexity index is 1260. The first-order valence-electron chi connectivity index (χ1n) is 10.0. The zero-order valence-electron chi connectivity index (χ0n) is 17.2. The molecule has 0 radical (unpaired) electrons. The third-order valence-corrected chi connectivity index (χ3v) is 6.11. The molecule has 2 heterocycles. The van der Waals surface area contributed by atoms with E-state index in [0.29, 0.717) is 4.96 Å². The predicted molar refractivity (Wildman–Crippen MR) is 123 cm³/mol. The Kier molecular flexibility index (Phi) is 5.50. The Hall–Kier alpha value is -3.25. The SMILES string of the molecule is CCc1cccc(CC)c1NC(=O)c1cnc2scc(-c3ccc(C)cc3)n2c1=O. The van der Waals surface area contributed by atoms with Gasteiger partial charge >= 0.3 is 0 Å². The van der Waals surface area contributed by atoms with E-state index in [9.17, 15) is 9.59 Å². The molecule has 1 amide bonds. The Morgan fingerprint density at radius 1 is 1.07 bits per heavy atom. The van der Waals surface area contributed by atoms with Crippen LogP contribution in [0.1, 0.15) is 40.9 Å². The van der Waals surface area contributed by atoms with E-state index in [2.05, 4.69) is 10.3 Å². The molecule has 0 spiro atoms. The normalized spacial score (nSPS) is 11.0. The fraction of sp³-hybridized carbons (Fsp3) is 0.208. The first kappa shape index (κ1) is 20.0. The van der Waals surface area contributed by atoms with Crippen molar-refractivity contribution in [1.82, 2.24) is 9.38 Å². The largest absolute Gasteiger partial charge is 0.321 e. The Balaban J connectivity index is 1.78. The average Bonchev–Trinajstić information content (AvgIpc) is 3.19. The molecule has 30 heavy (non-hydrogen) atoms. The van der Waals surface area contributed by atoms with E-state index >= 15 is 0 Å². The number of aromatic nitrogens is 2. The number of nitrogens with one attached hydrogen (secondary N) is 1. The lowest BCUT2D eigenvalue weighted by Crippen LogP contribution is -2.27. The quantitative estimate of drug-likeness (QED) is 0.491. The summed E-state index contributed by atoms with van der Waals surface area (Å²) in [5.41, 5.74) is 5.36. The van der Waals surface area contributed by atoms with Gasteiger partial charge in [-0.3, -0.25) is 14.0 Å². The maximum atomic E-state index is 13.3. The van der Waals surface area contributed by atoms with Crippen molar-refractivity contribution in [2.45, 2.75) is 33.6 Å². The molecule has 4 rings (SSSR count). The molecular formula is C24H23N3O2S. The number of benzene rings is 2. The number of aryl methyl sites for hydroxylation is 3. The van der Waals surface area contributed by atoms with Crippen LogP contribution in [0, 0.1) is 6.92 Å². The molecule has 0 fully saturated rings. The van der Waals surface area contributed by atoms with E-state index in [1.807, 2.05) is 68.6 Å². The summed E-state index contributed by atoms with van der Waals surface area (Å²) in [6, 6.07) is 13.9. The lowest BCUT2D eigenvalue weighted by molar-refractivity contribution is 0.102. The molecule has 2 aromatic heterocycles. The minimum atomic E-state index is -0.432. The highest BCUT2D eigenvalue weighted by molar-refractivity contribution is 7.15. The second-order valence-electron chi connectivity index (χ2n) is 7.19. The van der Waals surface area contributed by atoms with Crippen molar-refractivity contribution in [3.63, 3.8) is 0 Å². The molecule has 0 atom stereocenters. The topological polar surface area (TPSA) is 63.5 Å². The smallest absolute Gasteiger partial charge is 0.271 e. The lowest BCUT2D eigenvalue weighted by atomic mass is 10.0. The zero-order chi connectivity index (χ0) is 21.3. The molecule has 0 unspecified atom stereocenters. The van der Waals surface area contributed by atoms with Crippen LogP contribution in [0.15, 0.2) is 58.8 Å². The van der Waals surface area contributed by atoms with Crippen LogP contribution in [0.3, 0.4) is 0 Å². The minimum absolute atomic E-state index is 0.0345. The summed E-state index contributed by atoms with van der Waals surface area (Å²) < 4.78 is 1.52. The van der Waals surface area contributed by atoms with Gasteiger partial charge in [-0.1, -0.05) is 61.9 Å². The molecule has 1 N–H and O–H groups in total. The summed E-state index contributed by atoms with van der Waals surface area (Å²) in [6.45, 7) is 6.11. The van der Waals surface area contributed by atoms with Crippen LogP contribution in [0.2, 0.25) is 0 Å². The van der Waals surface area contributed by atoms with Gasteiger partial charge in [0.2, 0.25) is 0 Å². The molecule has 0 saturated heterocycles. The summed E-state index contributed by atoms with van der Waals surface area (Å²) in [4.78, 5) is 31.3. The van der Waals surface area contributed by atoms with Gasteiger partial charge in [0.25, 0.3) is 11.5 Å². The fourth-order valence-corrected chi connectivity index (χ4v) is 4.42. The van der Waals surface area contributed by atoms with E-state index in [0.717, 1.165) is 46.5 Å². The van der Waals surface area contributed by atoms with Crippen LogP contribution in [0.25, 0.3) is 16.2 Å². The summed E-state index contributed by atoms with van der Waals surface area (Å²) in [5.74, 6) is -0.432. The van der Waals surface area contributed by atoms with Crippen molar-refractivity contribution in [2.24, 2.45) is 0 Å². The first-order valence-corrected chi connectivity index (χ1v) is 10.9. The van der Waals surface area contributed by atoms with Gasteiger partial charge in [0.15, 0.2) is 4.96 Å². The van der Waals surface area contributed by atoms with Crippen molar-refractivity contribution in [1.29, 1.82) is 0 Å². The fourth-order valence-electron chi connectivity index (χ4n) is 3.56. The standard InChI is InChI=1S/C24H23N3O2S/c1-4-16-7-6-8-17(5-2)21(16)26-22(28)19-13-25-24-27(23(19)29)20(14-30-24)18-11-9-15(3)10-12-18/h6-14H,4-5H2,1-3H3,(H,26,28). The van der Waals surface area contributed by atoms with Gasteiger partial charge < -0.3 is 5.32 Å². The highest BCUT2D eigenvalue weighted by Gasteiger charge is 2.19. The van der Waals surface area contributed by atoms with Gasteiger partial charge in [-0.2, -0.15) is 0 Å². The number of rotatable bonds is 5. The molecule has 0 bridgehead atoms. The molecule has 0 aliphatic carbocycles. The second-order valence-corrected chi connectivity index (χ2v) is 8.03. The summed E-state index contributed by atoms with van der Waals surface area (Å²) in [5, 5.41) is 4.87. The first-order chi connectivity index (χ1) is 14.5.